The van der Waals surface area contributed by atoms with Crippen LogP contribution in [0.2, 0.25) is 10.2 Å². The molecule has 0 aliphatic carbocycles. The van der Waals surface area contributed by atoms with E-state index >= 15 is 0 Å². The first-order valence-corrected chi connectivity index (χ1v) is 4.91. The van der Waals surface area contributed by atoms with Crippen LogP contribution >= 0.6 is 23.2 Å². The zero-order valence-corrected chi connectivity index (χ0v) is 8.81. The Morgan fingerprint density at radius 2 is 2.00 bits per heavy atom. The minimum Gasteiger partial charge on any atom is -0.326 e. The molecule has 1 heterocycles. The lowest BCUT2D eigenvalue weighted by Crippen LogP contribution is -1.98. The predicted molar refractivity (Wildman–Crippen MR) is 59.7 cm³/mol. The largest absolute Gasteiger partial charge is 0.326 e. The van der Waals surface area contributed by atoms with E-state index in [-0.39, 0.29) is 0 Å². The van der Waals surface area contributed by atoms with E-state index in [0.717, 1.165) is 16.5 Å². The monoisotopic (exact) mass is 226 g/mol. The second kappa shape index (κ2) is 3.73. The van der Waals surface area contributed by atoms with E-state index < -0.39 is 0 Å². The molecule has 0 aliphatic rings. The number of rotatable bonds is 1. The van der Waals surface area contributed by atoms with Gasteiger partial charge in [-0.25, -0.2) is 4.98 Å². The van der Waals surface area contributed by atoms with E-state index in [0.29, 0.717) is 16.7 Å². The SMILES string of the molecule is NCc1cc(Cl)nc2ccc(Cl)cc12. The summed E-state index contributed by atoms with van der Waals surface area (Å²) in [5.74, 6) is 0. The molecule has 0 fully saturated rings. The van der Waals surface area contributed by atoms with Gasteiger partial charge in [0.15, 0.2) is 0 Å². The van der Waals surface area contributed by atoms with Gasteiger partial charge in [0.25, 0.3) is 0 Å². The average molecular weight is 227 g/mol. The molecule has 0 amide bonds. The fourth-order valence-electron chi connectivity index (χ4n) is 1.40. The smallest absolute Gasteiger partial charge is 0.130 e. The number of fused-ring (bicyclic) bond motifs is 1. The van der Waals surface area contributed by atoms with Crippen molar-refractivity contribution in [3.63, 3.8) is 0 Å². The molecule has 0 saturated carbocycles. The number of benzene rings is 1. The van der Waals surface area contributed by atoms with Crippen LogP contribution in [0.5, 0.6) is 0 Å². The van der Waals surface area contributed by atoms with Crippen molar-refractivity contribution in [1.29, 1.82) is 0 Å². The van der Waals surface area contributed by atoms with E-state index in [4.69, 9.17) is 28.9 Å². The normalized spacial score (nSPS) is 10.8. The maximum atomic E-state index is 5.89. The van der Waals surface area contributed by atoms with Gasteiger partial charge in [0.2, 0.25) is 0 Å². The van der Waals surface area contributed by atoms with Crippen molar-refractivity contribution in [1.82, 2.24) is 4.98 Å². The van der Waals surface area contributed by atoms with E-state index in [1.807, 2.05) is 12.1 Å². The third-order valence-electron chi connectivity index (χ3n) is 2.05. The Kier molecular flexibility index (Phi) is 2.59. The lowest BCUT2D eigenvalue weighted by molar-refractivity contribution is 1.08. The van der Waals surface area contributed by atoms with Crippen LogP contribution in [-0.4, -0.2) is 4.98 Å². The lowest BCUT2D eigenvalue weighted by Gasteiger charge is -2.04. The summed E-state index contributed by atoms with van der Waals surface area (Å²) in [5, 5.41) is 2.10. The van der Waals surface area contributed by atoms with Gasteiger partial charge >= 0.3 is 0 Å². The second-order valence-corrected chi connectivity index (χ2v) is 3.79. The number of halogens is 2. The Hall–Kier alpha value is -0.830. The van der Waals surface area contributed by atoms with Gasteiger partial charge in [-0.3, -0.25) is 0 Å². The molecule has 72 valence electrons. The van der Waals surface area contributed by atoms with Crippen molar-refractivity contribution in [2.75, 3.05) is 0 Å². The van der Waals surface area contributed by atoms with Gasteiger partial charge in [-0.2, -0.15) is 0 Å². The van der Waals surface area contributed by atoms with Gasteiger partial charge in [0, 0.05) is 17.0 Å². The van der Waals surface area contributed by atoms with E-state index in [1.54, 1.807) is 12.1 Å². The highest BCUT2D eigenvalue weighted by molar-refractivity contribution is 6.31. The number of hydrogen-bond donors (Lipinski definition) is 1. The third-order valence-corrected chi connectivity index (χ3v) is 2.47. The summed E-state index contributed by atoms with van der Waals surface area (Å²) < 4.78 is 0. The molecular formula is C10H8Cl2N2. The van der Waals surface area contributed by atoms with Crippen molar-refractivity contribution >= 4 is 34.1 Å². The Balaban J connectivity index is 2.81. The van der Waals surface area contributed by atoms with Crippen molar-refractivity contribution < 1.29 is 0 Å². The van der Waals surface area contributed by atoms with Crippen LogP contribution in [0.15, 0.2) is 24.3 Å². The van der Waals surface area contributed by atoms with Gasteiger partial charge in [0.05, 0.1) is 5.52 Å². The first-order valence-electron chi connectivity index (χ1n) is 4.15. The molecule has 4 heteroatoms. The van der Waals surface area contributed by atoms with Gasteiger partial charge in [-0.15, -0.1) is 0 Å². The number of nitrogens with two attached hydrogens (primary N) is 1. The van der Waals surface area contributed by atoms with Crippen molar-refractivity contribution in [3.8, 4) is 0 Å². The molecule has 0 bridgehead atoms. The van der Waals surface area contributed by atoms with Crippen LogP contribution < -0.4 is 5.73 Å². The topological polar surface area (TPSA) is 38.9 Å². The molecule has 0 atom stereocenters. The number of hydrogen-bond acceptors (Lipinski definition) is 2. The van der Waals surface area contributed by atoms with Crippen LogP contribution in [0.1, 0.15) is 5.56 Å². The third kappa shape index (κ3) is 1.69. The molecule has 1 aromatic heterocycles. The van der Waals surface area contributed by atoms with Crippen LogP contribution in [0.25, 0.3) is 10.9 Å². The summed E-state index contributed by atoms with van der Waals surface area (Å²) in [6, 6.07) is 7.23. The van der Waals surface area contributed by atoms with Crippen LogP contribution in [0.3, 0.4) is 0 Å². The Labute approximate surface area is 91.6 Å². The standard InChI is InChI=1S/C10H8Cl2N2/c11-7-1-2-9-8(4-7)6(5-13)3-10(12)14-9/h1-4H,5,13H2. The highest BCUT2D eigenvalue weighted by atomic mass is 35.5. The minimum absolute atomic E-state index is 0.430. The van der Waals surface area contributed by atoms with E-state index in [2.05, 4.69) is 4.98 Å². The molecule has 0 aliphatic heterocycles. The van der Waals surface area contributed by atoms with Crippen molar-refractivity contribution in [3.05, 3.63) is 40.0 Å². The number of pyridine rings is 1. The van der Waals surface area contributed by atoms with E-state index in [9.17, 15) is 0 Å². The molecule has 2 aromatic rings. The molecule has 0 radical (unpaired) electrons. The molecule has 0 spiro atoms. The molecule has 2 rings (SSSR count). The fourth-order valence-corrected chi connectivity index (χ4v) is 1.80. The van der Waals surface area contributed by atoms with Gasteiger partial charge in [0.1, 0.15) is 5.15 Å². The Bertz CT molecular complexity index is 483. The quantitative estimate of drug-likeness (QED) is 0.760. The zero-order valence-electron chi connectivity index (χ0n) is 7.30. The van der Waals surface area contributed by atoms with Crippen LogP contribution in [-0.2, 0) is 6.54 Å². The highest BCUT2D eigenvalue weighted by Crippen LogP contribution is 2.23. The molecule has 0 saturated heterocycles. The molecule has 2 nitrogen and oxygen atoms in total. The summed E-state index contributed by atoms with van der Waals surface area (Å²) >= 11 is 11.7. The Morgan fingerprint density at radius 1 is 1.21 bits per heavy atom. The summed E-state index contributed by atoms with van der Waals surface area (Å²) in [4.78, 5) is 4.18. The zero-order chi connectivity index (χ0) is 10.1. The molecule has 1 aromatic carbocycles. The van der Waals surface area contributed by atoms with Crippen LogP contribution in [0, 0.1) is 0 Å². The van der Waals surface area contributed by atoms with E-state index in [1.165, 1.54) is 0 Å². The first kappa shape index (κ1) is 9.71. The predicted octanol–water partition coefficient (Wildman–Crippen LogP) is 3.00. The van der Waals surface area contributed by atoms with Crippen LogP contribution in [0.4, 0.5) is 0 Å². The van der Waals surface area contributed by atoms with Gasteiger partial charge in [-0.05, 0) is 29.8 Å². The lowest BCUT2D eigenvalue weighted by atomic mass is 10.1. The summed E-state index contributed by atoms with van der Waals surface area (Å²) in [5.41, 5.74) is 7.39. The highest BCUT2D eigenvalue weighted by Gasteiger charge is 2.03. The Morgan fingerprint density at radius 3 is 2.71 bits per heavy atom. The summed E-state index contributed by atoms with van der Waals surface area (Å²) in [6.07, 6.45) is 0. The average Bonchev–Trinajstić information content (AvgIpc) is 2.17. The number of nitrogens with zero attached hydrogens (tertiary/aromatic N) is 1. The molecule has 2 N–H and O–H groups in total. The van der Waals surface area contributed by atoms with Crippen molar-refractivity contribution in [2.24, 2.45) is 5.73 Å². The molecule has 14 heavy (non-hydrogen) atoms. The molecule has 0 unspecified atom stereocenters. The summed E-state index contributed by atoms with van der Waals surface area (Å²) in [7, 11) is 0. The number of aromatic nitrogens is 1. The van der Waals surface area contributed by atoms with Crippen molar-refractivity contribution in [2.45, 2.75) is 6.54 Å². The first-order chi connectivity index (χ1) is 6.70. The molecular weight excluding hydrogens is 219 g/mol. The summed E-state index contributed by atoms with van der Waals surface area (Å²) in [6.45, 7) is 0.430. The maximum Gasteiger partial charge on any atom is 0.130 e. The van der Waals surface area contributed by atoms with Gasteiger partial charge < -0.3 is 5.73 Å². The minimum atomic E-state index is 0.430. The van der Waals surface area contributed by atoms with Gasteiger partial charge in [-0.1, -0.05) is 23.2 Å². The fraction of sp³-hybridized carbons (Fsp3) is 0.100. The second-order valence-electron chi connectivity index (χ2n) is 2.97. The maximum absolute atomic E-state index is 5.89.